The Balaban J connectivity index is 2.38. The summed E-state index contributed by atoms with van der Waals surface area (Å²) in [6.07, 6.45) is 4.27. The van der Waals surface area contributed by atoms with E-state index in [9.17, 15) is 0 Å². The maximum absolute atomic E-state index is 5.31. The van der Waals surface area contributed by atoms with Gasteiger partial charge in [0.05, 0.1) is 14.2 Å². The number of hydrogen-bond donors (Lipinski definition) is 0. The Bertz CT molecular complexity index is 570. The molecule has 2 rings (SSSR count). The fourth-order valence-electron chi connectivity index (χ4n) is 2.25. The van der Waals surface area contributed by atoms with Gasteiger partial charge in [-0.3, -0.25) is 0 Å². The van der Waals surface area contributed by atoms with Crippen molar-refractivity contribution in [3.05, 3.63) is 71.8 Å². The first-order valence-electron chi connectivity index (χ1n) is 6.69. The third-order valence-corrected chi connectivity index (χ3v) is 3.31. The van der Waals surface area contributed by atoms with E-state index in [0.717, 1.165) is 11.5 Å². The van der Waals surface area contributed by atoms with Gasteiger partial charge in [-0.05, 0) is 42.3 Å². The quantitative estimate of drug-likeness (QED) is 0.748. The standard InChI is InChI=1S/C18H20O2/c1-4-6-18(14-9-11-16(19-2)12-10-14)15-7-5-8-17(13-15)20-3/h4-13,18H,1-3H3/b6-4+. The Morgan fingerprint density at radius 2 is 1.55 bits per heavy atom. The largest absolute Gasteiger partial charge is 0.497 e. The molecular weight excluding hydrogens is 248 g/mol. The van der Waals surface area contributed by atoms with E-state index in [4.69, 9.17) is 9.47 Å². The van der Waals surface area contributed by atoms with Gasteiger partial charge < -0.3 is 9.47 Å². The zero-order valence-corrected chi connectivity index (χ0v) is 12.2. The first-order valence-corrected chi connectivity index (χ1v) is 6.69. The zero-order chi connectivity index (χ0) is 14.4. The van der Waals surface area contributed by atoms with Crippen LogP contribution in [0.5, 0.6) is 11.5 Å². The summed E-state index contributed by atoms with van der Waals surface area (Å²) in [7, 11) is 3.37. The summed E-state index contributed by atoms with van der Waals surface area (Å²) in [5, 5.41) is 0. The summed E-state index contributed by atoms with van der Waals surface area (Å²) in [5.74, 6) is 1.98. The smallest absolute Gasteiger partial charge is 0.119 e. The molecule has 0 aliphatic rings. The van der Waals surface area contributed by atoms with Crippen molar-refractivity contribution in [2.75, 3.05) is 14.2 Å². The fraction of sp³-hybridized carbons (Fsp3) is 0.222. The van der Waals surface area contributed by atoms with Crippen LogP contribution in [-0.2, 0) is 0 Å². The molecule has 0 saturated carbocycles. The van der Waals surface area contributed by atoms with Crippen molar-refractivity contribution in [3.63, 3.8) is 0 Å². The molecular formula is C18H20O2. The fourth-order valence-corrected chi connectivity index (χ4v) is 2.25. The Morgan fingerprint density at radius 3 is 2.15 bits per heavy atom. The molecule has 0 heterocycles. The number of ether oxygens (including phenoxy) is 2. The highest BCUT2D eigenvalue weighted by atomic mass is 16.5. The Morgan fingerprint density at radius 1 is 0.850 bits per heavy atom. The monoisotopic (exact) mass is 268 g/mol. The van der Waals surface area contributed by atoms with E-state index in [2.05, 4.69) is 36.4 Å². The van der Waals surface area contributed by atoms with E-state index in [-0.39, 0.29) is 5.92 Å². The van der Waals surface area contributed by atoms with Crippen LogP contribution >= 0.6 is 0 Å². The van der Waals surface area contributed by atoms with E-state index in [1.54, 1.807) is 14.2 Å². The number of benzene rings is 2. The number of rotatable bonds is 5. The molecule has 2 aromatic rings. The summed E-state index contributed by atoms with van der Waals surface area (Å²) in [4.78, 5) is 0. The predicted octanol–water partition coefficient (Wildman–Crippen LogP) is 4.41. The summed E-state index contributed by atoms with van der Waals surface area (Å²) < 4.78 is 10.5. The second-order valence-electron chi connectivity index (χ2n) is 4.55. The molecule has 0 radical (unpaired) electrons. The number of allylic oxidation sites excluding steroid dienone is 2. The molecule has 2 nitrogen and oxygen atoms in total. The van der Waals surface area contributed by atoms with Crippen LogP contribution in [0.1, 0.15) is 24.0 Å². The van der Waals surface area contributed by atoms with Gasteiger partial charge in [0, 0.05) is 5.92 Å². The lowest BCUT2D eigenvalue weighted by Crippen LogP contribution is -1.98. The number of hydrogen-bond acceptors (Lipinski definition) is 2. The molecule has 0 amide bonds. The molecule has 1 unspecified atom stereocenters. The van der Waals surface area contributed by atoms with Crippen LogP contribution in [0.15, 0.2) is 60.7 Å². The van der Waals surface area contributed by atoms with E-state index >= 15 is 0 Å². The van der Waals surface area contributed by atoms with Gasteiger partial charge in [-0.2, -0.15) is 0 Å². The summed E-state index contributed by atoms with van der Waals surface area (Å²) in [6.45, 7) is 2.04. The molecule has 2 aromatic carbocycles. The van der Waals surface area contributed by atoms with Crippen LogP contribution in [0.2, 0.25) is 0 Å². The summed E-state index contributed by atoms with van der Waals surface area (Å²) >= 11 is 0. The number of methoxy groups -OCH3 is 2. The van der Waals surface area contributed by atoms with Crippen LogP contribution in [0.3, 0.4) is 0 Å². The minimum Gasteiger partial charge on any atom is -0.497 e. The van der Waals surface area contributed by atoms with Gasteiger partial charge in [-0.1, -0.05) is 36.4 Å². The van der Waals surface area contributed by atoms with Crippen molar-refractivity contribution in [1.82, 2.24) is 0 Å². The van der Waals surface area contributed by atoms with Gasteiger partial charge in [0.1, 0.15) is 11.5 Å². The molecule has 0 bridgehead atoms. The van der Waals surface area contributed by atoms with E-state index in [1.807, 2.05) is 31.2 Å². The normalized spacial score (nSPS) is 12.3. The lowest BCUT2D eigenvalue weighted by Gasteiger charge is -2.15. The molecule has 0 fully saturated rings. The Hall–Kier alpha value is -2.22. The van der Waals surface area contributed by atoms with Gasteiger partial charge in [0.2, 0.25) is 0 Å². The maximum atomic E-state index is 5.31. The van der Waals surface area contributed by atoms with Crippen molar-refractivity contribution in [2.24, 2.45) is 0 Å². The molecule has 0 aliphatic heterocycles. The molecule has 20 heavy (non-hydrogen) atoms. The maximum Gasteiger partial charge on any atom is 0.119 e. The highest BCUT2D eigenvalue weighted by Gasteiger charge is 2.11. The van der Waals surface area contributed by atoms with Crippen molar-refractivity contribution in [1.29, 1.82) is 0 Å². The molecule has 104 valence electrons. The Labute approximate surface area is 120 Å². The topological polar surface area (TPSA) is 18.5 Å². The third-order valence-electron chi connectivity index (χ3n) is 3.31. The van der Waals surface area contributed by atoms with Gasteiger partial charge in [0.15, 0.2) is 0 Å². The second kappa shape index (κ2) is 6.80. The molecule has 0 saturated heterocycles. The molecule has 0 N–H and O–H groups in total. The van der Waals surface area contributed by atoms with Gasteiger partial charge in [0.25, 0.3) is 0 Å². The first kappa shape index (κ1) is 14.2. The van der Waals surface area contributed by atoms with Crippen LogP contribution < -0.4 is 9.47 Å². The lowest BCUT2D eigenvalue weighted by molar-refractivity contribution is 0.414. The third kappa shape index (κ3) is 3.21. The lowest BCUT2D eigenvalue weighted by atomic mass is 9.91. The predicted molar refractivity (Wildman–Crippen MR) is 82.6 cm³/mol. The van der Waals surface area contributed by atoms with Crippen LogP contribution in [0, 0.1) is 0 Å². The molecule has 0 aliphatic carbocycles. The minimum absolute atomic E-state index is 0.223. The van der Waals surface area contributed by atoms with Crippen molar-refractivity contribution in [2.45, 2.75) is 12.8 Å². The van der Waals surface area contributed by atoms with Gasteiger partial charge >= 0.3 is 0 Å². The van der Waals surface area contributed by atoms with Crippen LogP contribution in [0.4, 0.5) is 0 Å². The summed E-state index contributed by atoms with van der Waals surface area (Å²) in [6, 6.07) is 16.4. The molecule has 2 heteroatoms. The van der Waals surface area contributed by atoms with E-state index < -0.39 is 0 Å². The van der Waals surface area contributed by atoms with Crippen molar-refractivity contribution < 1.29 is 9.47 Å². The highest BCUT2D eigenvalue weighted by Crippen LogP contribution is 2.29. The Kier molecular flexibility index (Phi) is 4.83. The minimum atomic E-state index is 0.223. The molecule has 1 atom stereocenters. The first-order chi connectivity index (χ1) is 9.78. The van der Waals surface area contributed by atoms with Gasteiger partial charge in [-0.25, -0.2) is 0 Å². The SMILES string of the molecule is C/C=C/C(c1ccc(OC)cc1)c1cccc(OC)c1. The molecule has 0 spiro atoms. The van der Waals surface area contributed by atoms with Crippen molar-refractivity contribution in [3.8, 4) is 11.5 Å². The average molecular weight is 268 g/mol. The average Bonchev–Trinajstić information content (AvgIpc) is 2.53. The van der Waals surface area contributed by atoms with E-state index in [0.29, 0.717) is 0 Å². The van der Waals surface area contributed by atoms with Crippen LogP contribution in [0.25, 0.3) is 0 Å². The highest BCUT2D eigenvalue weighted by molar-refractivity contribution is 5.42. The summed E-state index contributed by atoms with van der Waals surface area (Å²) in [5.41, 5.74) is 2.45. The zero-order valence-electron chi connectivity index (χ0n) is 12.2. The second-order valence-corrected chi connectivity index (χ2v) is 4.55. The van der Waals surface area contributed by atoms with E-state index in [1.165, 1.54) is 11.1 Å². The van der Waals surface area contributed by atoms with Crippen LogP contribution in [-0.4, -0.2) is 14.2 Å². The molecule has 0 aromatic heterocycles. The van der Waals surface area contributed by atoms with Gasteiger partial charge in [-0.15, -0.1) is 0 Å². The van der Waals surface area contributed by atoms with Crippen molar-refractivity contribution >= 4 is 0 Å².